The first-order valence-electron chi connectivity index (χ1n) is 6.05. The van der Waals surface area contributed by atoms with Gasteiger partial charge in [0.1, 0.15) is 0 Å². The summed E-state index contributed by atoms with van der Waals surface area (Å²) in [6.07, 6.45) is 3.30. The van der Waals surface area contributed by atoms with Crippen LogP contribution < -0.4 is 0 Å². The van der Waals surface area contributed by atoms with E-state index < -0.39 is 0 Å². The van der Waals surface area contributed by atoms with Crippen molar-refractivity contribution in [3.05, 3.63) is 35.9 Å². The smallest absolute Gasteiger partial charge is 0.0716 e. The summed E-state index contributed by atoms with van der Waals surface area (Å²) in [5.41, 5.74) is 1.23. The van der Waals surface area contributed by atoms with E-state index in [2.05, 4.69) is 19.1 Å². The number of rotatable bonds is 8. The van der Waals surface area contributed by atoms with Gasteiger partial charge in [0.15, 0.2) is 0 Å². The van der Waals surface area contributed by atoms with Gasteiger partial charge in [0, 0.05) is 13.2 Å². The quantitative estimate of drug-likeness (QED) is 0.685. The van der Waals surface area contributed by atoms with E-state index in [4.69, 9.17) is 9.84 Å². The van der Waals surface area contributed by atoms with Gasteiger partial charge >= 0.3 is 0 Å². The fourth-order valence-corrected chi connectivity index (χ4v) is 1.55. The van der Waals surface area contributed by atoms with Gasteiger partial charge in [-0.25, -0.2) is 0 Å². The van der Waals surface area contributed by atoms with Crippen molar-refractivity contribution in [2.75, 3.05) is 13.2 Å². The molecule has 1 unspecified atom stereocenters. The molecular weight excluding hydrogens is 200 g/mol. The highest BCUT2D eigenvalue weighted by molar-refractivity contribution is 5.13. The van der Waals surface area contributed by atoms with Gasteiger partial charge in [-0.2, -0.15) is 0 Å². The maximum Gasteiger partial charge on any atom is 0.0716 e. The van der Waals surface area contributed by atoms with E-state index in [1.54, 1.807) is 0 Å². The van der Waals surface area contributed by atoms with Gasteiger partial charge in [-0.15, -0.1) is 0 Å². The van der Waals surface area contributed by atoms with Crippen LogP contribution in [0.15, 0.2) is 30.3 Å². The molecule has 0 aromatic heterocycles. The third kappa shape index (κ3) is 5.89. The number of aliphatic hydroxyl groups excluding tert-OH is 1. The first-order chi connectivity index (χ1) is 7.83. The van der Waals surface area contributed by atoms with Gasteiger partial charge < -0.3 is 9.84 Å². The number of benzene rings is 1. The SMILES string of the molecule is CC(CO)CCCCOCc1ccccc1. The Morgan fingerprint density at radius 2 is 1.94 bits per heavy atom. The molecule has 16 heavy (non-hydrogen) atoms. The molecule has 0 heterocycles. The molecule has 0 amide bonds. The lowest BCUT2D eigenvalue weighted by Crippen LogP contribution is -2.01. The Balaban J connectivity index is 1.96. The van der Waals surface area contributed by atoms with Crippen LogP contribution in [-0.2, 0) is 11.3 Å². The molecule has 0 spiro atoms. The lowest BCUT2D eigenvalue weighted by Gasteiger charge is -2.07. The van der Waals surface area contributed by atoms with E-state index in [1.807, 2.05) is 18.2 Å². The van der Waals surface area contributed by atoms with E-state index in [9.17, 15) is 0 Å². The second-order valence-corrected chi connectivity index (χ2v) is 4.32. The average Bonchev–Trinajstić information content (AvgIpc) is 2.34. The summed E-state index contributed by atoms with van der Waals surface area (Å²) in [6.45, 7) is 3.89. The van der Waals surface area contributed by atoms with Crippen molar-refractivity contribution in [3.8, 4) is 0 Å². The van der Waals surface area contributed by atoms with Crippen LogP contribution >= 0.6 is 0 Å². The zero-order valence-electron chi connectivity index (χ0n) is 10.1. The minimum Gasteiger partial charge on any atom is -0.396 e. The van der Waals surface area contributed by atoms with Crippen LogP contribution in [0.3, 0.4) is 0 Å². The van der Waals surface area contributed by atoms with Crippen molar-refractivity contribution in [2.45, 2.75) is 32.8 Å². The van der Waals surface area contributed by atoms with E-state index in [0.717, 1.165) is 25.9 Å². The zero-order chi connectivity index (χ0) is 11.6. The third-order valence-electron chi connectivity index (χ3n) is 2.66. The summed E-state index contributed by atoms with van der Waals surface area (Å²) in [5, 5.41) is 8.85. The van der Waals surface area contributed by atoms with Crippen molar-refractivity contribution >= 4 is 0 Å². The summed E-state index contributed by atoms with van der Waals surface area (Å²) in [7, 11) is 0. The number of unbranched alkanes of at least 4 members (excludes halogenated alkanes) is 1. The molecule has 1 aromatic carbocycles. The summed E-state index contributed by atoms with van der Waals surface area (Å²) in [4.78, 5) is 0. The van der Waals surface area contributed by atoms with E-state index in [-0.39, 0.29) is 0 Å². The normalized spacial score (nSPS) is 12.6. The molecule has 0 aliphatic carbocycles. The van der Waals surface area contributed by atoms with Crippen molar-refractivity contribution in [1.29, 1.82) is 0 Å². The summed E-state index contributed by atoms with van der Waals surface area (Å²) in [6, 6.07) is 10.2. The standard InChI is InChI=1S/C14H22O2/c1-13(11-15)7-5-6-10-16-12-14-8-3-2-4-9-14/h2-4,8-9,13,15H,5-7,10-12H2,1H3. The Hall–Kier alpha value is -0.860. The lowest BCUT2D eigenvalue weighted by atomic mass is 10.1. The fourth-order valence-electron chi connectivity index (χ4n) is 1.55. The maximum absolute atomic E-state index is 8.85. The van der Waals surface area contributed by atoms with Crippen molar-refractivity contribution in [1.82, 2.24) is 0 Å². The predicted molar refractivity (Wildman–Crippen MR) is 66.2 cm³/mol. The molecule has 0 saturated carbocycles. The Kier molecular flexibility index (Phi) is 6.86. The van der Waals surface area contributed by atoms with Gasteiger partial charge in [-0.05, 0) is 24.3 Å². The Labute approximate surface area is 98.3 Å². The van der Waals surface area contributed by atoms with Crippen LogP contribution in [0, 0.1) is 5.92 Å². The largest absolute Gasteiger partial charge is 0.396 e. The summed E-state index contributed by atoms with van der Waals surface area (Å²) < 4.78 is 5.57. The molecule has 0 radical (unpaired) electrons. The second-order valence-electron chi connectivity index (χ2n) is 4.32. The van der Waals surface area contributed by atoms with Crippen molar-refractivity contribution < 1.29 is 9.84 Å². The fraction of sp³-hybridized carbons (Fsp3) is 0.571. The van der Waals surface area contributed by atoms with E-state index in [0.29, 0.717) is 19.1 Å². The topological polar surface area (TPSA) is 29.5 Å². The molecule has 1 rings (SSSR count). The minimum atomic E-state index is 0.297. The van der Waals surface area contributed by atoms with Crippen molar-refractivity contribution in [3.63, 3.8) is 0 Å². The third-order valence-corrected chi connectivity index (χ3v) is 2.66. The van der Waals surface area contributed by atoms with Gasteiger partial charge in [-0.3, -0.25) is 0 Å². The van der Waals surface area contributed by atoms with Crippen LogP contribution in [-0.4, -0.2) is 18.3 Å². The first-order valence-corrected chi connectivity index (χ1v) is 6.05. The molecule has 0 aliphatic heterocycles. The number of ether oxygens (including phenoxy) is 1. The summed E-state index contributed by atoms with van der Waals surface area (Å²) in [5.74, 6) is 0.425. The van der Waals surface area contributed by atoms with Crippen LogP contribution in [0.4, 0.5) is 0 Å². The molecule has 1 aromatic rings. The highest BCUT2D eigenvalue weighted by Crippen LogP contribution is 2.07. The number of hydrogen-bond acceptors (Lipinski definition) is 2. The zero-order valence-corrected chi connectivity index (χ0v) is 10.1. The lowest BCUT2D eigenvalue weighted by molar-refractivity contribution is 0.115. The first kappa shape index (κ1) is 13.2. The Morgan fingerprint density at radius 3 is 2.62 bits per heavy atom. The molecule has 2 nitrogen and oxygen atoms in total. The van der Waals surface area contributed by atoms with Crippen molar-refractivity contribution in [2.24, 2.45) is 5.92 Å². The van der Waals surface area contributed by atoms with Crippen LogP contribution in [0.25, 0.3) is 0 Å². The molecule has 1 N–H and O–H groups in total. The second kappa shape index (κ2) is 8.31. The Bertz CT molecular complexity index is 259. The van der Waals surface area contributed by atoms with Crippen LogP contribution in [0.5, 0.6) is 0 Å². The maximum atomic E-state index is 8.85. The number of aliphatic hydroxyl groups is 1. The minimum absolute atomic E-state index is 0.297. The van der Waals surface area contributed by atoms with Gasteiger partial charge in [0.05, 0.1) is 6.61 Å². The Morgan fingerprint density at radius 1 is 1.19 bits per heavy atom. The average molecular weight is 222 g/mol. The number of hydrogen-bond donors (Lipinski definition) is 1. The molecule has 0 saturated heterocycles. The summed E-state index contributed by atoms with van der Waals surface area (Å²) >= 11 is 0. The predicted octanol–water partition coefficient (Wildman–Crippen LogP) is 3.00. The molecule has 90 valence electrons. The van der Waals surface area contributed by atoms with Crippen LogP contribution in [0.1, 0.15) is 31.7 Å². The highest BCUT2D eigenvalue weighted by atomic mass is 16.5. The molecule has 0 aliphatic rings. The van der Waals surface area contributed by atoms with Gasteiger partial charge in [-0.1, -0.05) is 43.7 Å². The monoisotopic (exact) mass is 222 g/mol. The van der Waals surface area contributed by atoms with Gasteiger partial charge in [0.2, 0.25) is 0 Å². The van der Waals surface area contributed by atoms with Gasteiger partial charge in [0.25, 0.3) is 0 Å². The molecule has 0 bridgehead atoms. The molecule has 0 fully saturated rings. The van der Waals surface area contributed by atoms with E-state index in [1.165, 1.54) is 5.56 Å². The molecule has 1 atom stereocenters. The molecular formula is C14H22O2. The highest BCUT2D eigenvalue weighted by Gasteiger charge is 1.99. The van der Waals surface area contributed by atoms with E-state index >= 15 is 0 Å². The molecule has 2 heteroatoms. The van der Waals surface area contributed by atoms with Crippen LogP contribution in [0.2, 0.25) is 0 Å².